The number of carbonyl (C=O) groups excluding carboxylic acids is 2. The van der Waals surface area contributed by atoms with Crippen LogP contribution in [-0.4, -0.2) is 34.7 Å². The standard InChI is InChI=1S/C16H20N2O4/c1-12(19)3-2-4-13-5-7-14(8-6-13)10-17-11-15(20)9-16(21)18-22/h5-8,15,17,20,22H,3,9-11H2,1H3,(H,18,21)/t15-/m0/s1. The van der Waals surface area contributed by atoms with E-state index in [0.29, 0.717) is 6.54 Å². The molecule has 0 radical (unpaired) electrons. The number of amides is 1. The Balaban J connectivity index is 2.36. The Morgan fingerprint density at radius 2 is 1.95 bits per heavy atom. The van der Waals surface area contributed by atoms with E-state index in [1.165, 1.54) is 12.4 Å². The molecule has 0 aliphatic carbocycles. The summed E-state index contributed by atoms with van der Waals surface area (Å²) in [4.78, 5) is 21.6. The minimum atomic E-state index is -0.858. The zero-order valence-corrected chi connectivity index (χ0v) is 12.4. The number of carbonyl (C=O) groups is 2. The number of rotatable bonds is 7. The van der Waals surface area contributed by atoms with Gasteiger partial charge in [0.15, 0.2) is 0 Å². The second-order valence-electron chi connectivity index (χ2n) is 4.90. The molecule has 6 heteroatoms. The van der Waals surface area contributed by atoms with Crippen LogP contribution in [0.1, 0.15) is 30.9 Å². The molecular weight excluding hydrogens is 284 g/mol. The van der Waals surface area contributed by atoms with Crippen LogP contribution in [0.2, 0.25) is 0 Å². The number of aliphatic hydroxyl groups is 1. The summed E-state index contributed by atoms with van der Waals surface area (Å²) in [7, 11) is 0. The Morgan fingerprint density at radius 1 is 1.27 bits per heavy atom. The van der Waals surface area contributed by atoms with Crippen molar-refractivity contribution < 1.29 is 19.9 Å². The third-order valence-corrected chi connectivity index (χ3v) is 2.78. The summed E-state index contributed by atoms with van der Waals surface area (Å²) >= 11 is 0. The maximum atomic E-state index is 10.8. The fraction of sp³-hybridized carbons (Fsp3) is 0.375. The molecule has 0 aromatic heterocycles. The summed E-state index contributed by atoms with van der Waals surface area (Å²) < 4.78 is 0. The van der Waals surface area contributed by atoms with Crippen LogP contribution < -0.4 is 10.8 Å². The molecule has 0 saturated carbocycles. The van der Waals surface area contributed by atoms with Crippen molar-refractivity contribution in [3.63, 3.8) is 0 Å². The van der Waals surface area contributed by atoms with Gasteiger partial charge in [-0.1, -0.05) is 24.0 Å². The quantitative estimate of drug-likeness (QED) is 0.331. The van der Waals surface area contributed by atoms with Gasteiger partial charge in [-0.3, -0.25) is 14.8 Å². The van der Waals surface area contributed by atoms with E-state index >= 15 is 0 Å². The number of nitrogens with one attached hydrogen (secondary N) is 2. The summed E-state index contributed by atoms with van der Waals surface area (Å²) in [5, 5.41) is 20.9. The van der Waals surface area contributed by atoms with E-state index in [-0.39, 0.29) is 25.2 Å². The van der Waals surface area contributed by atoms with E-state index in [0.717, 1.165) is 11.1 Å². The van der Waals surface area contributed by atoms with Gasteiger partial charge in [0.25, 0.3) is 0 Å². The molecule has 1 aromatic carbocycles. The zero-order chi connectivity index (χ0) is 16.4. The second kappa shape index (κ2) is 9.68. The summed E-state index contributed by atoms with van der Waals surface area (Å²) in [5.41, 5.74) is 3.32. The van der Waals surface area contributed by atoms with Gasteiger partial charge in [0.05, 0.1) is 18.9 Å². The molecule has 22 heavy (non-hydrogen) atoms. The summed E-state index contributed by atoms with van der Waals surface area (Å²) in [6.45, 7) is 2.29. The Kier molecular flexibility index (Phi) is 7.86. The zero-order valence-electron chi connectivity index (χ0n) is 12.4. The fourth-order valence-electron chi connectivity index (χ4n) is 1.69. The predicted molar refractivity (Wildman–Crippen MR) is 80.9 cm³/mol. The Morgan fingerprint density at radius 3 is 2.55 bits per heavy atom. The van der Waals surface area contributed by atoms with Gasteiger partial charge in [-0.2, -0.15) is 0 Å². The highest BCUT2D eigenvalue weighted by atomic mass is 16.5. The first-order chi connectivity index (χ1) is 10.5. The number of hydroxylamine groups is 1. The second-order valence-corrected chi connectivity index (χ2v) is 4.90. The Labute approximate surface area is 129 Å². The Hall–Kier alpha value is -2.20. The first-order valence-electron chi connectivity index (χ1n) is 6.90. The highest BCUT2D eigenvalue weighted by Gasteiger charge is 2.09. The maximum absolute atomic E-state index is 10.8. The number of hydrogen-bond acceptors (Lipinski definition) is 5. The summed E-state index contributed by atoms with van der Waals surface area (Å²) in [6.07, 6.45) is -0.763. The molecule has 1 aromatic rings. The van der Waals surface area contributed by atoms with Crippen molar-refractivity contribution in [2.24, 2.45) is 0 Å². The van der Waals surface area contributed by atoms with E-state index in [1.807, 2.05) is 24.3 Å². The van der Waals surface area contributed by atoms with Crippen LogP contribution in [0.15, 0.2) is 24.3 Å². The highest BCUT2D eigenvalue weighted by Crippen LogP contribution is 2.03. The lowest BCUT2D eigenvalue weighted by Gasteiger charge is -2.10. The lowest BCUT2D eigenvalue weighted by Crippen LogP contribution is -2.31. The molecule has 6 nitrogen and oxygen atoms in total. The van der Waals surface area contributed by atoms with Crippen molar-refractivity contribution in [2.45, 2.75) is 32.4 Å². The van der Waals surface area contributed by atoms with Gasteiger partial charge >= 0.3 is 0 Å². The van der Waals surface area contributed by atoms with E-state index in [4.69, 9.17) is 5.21 Å². The lowest BCUT2D eigenvalue weighted by molar-refractivity contribution is -0.131. The molecule has 0 heterocycles. The predicted octanol–water partition coefficient (Wildman–Crippen LogP) is 0.363. The average molecular weight is 304 g/mol. The minimum absolute atomic E-state index is 0.0433. The van der Waals surface area contributed by atoms with Gasteiger partial charge in [0.2, 0.25) is 5.91 Å². The monoisotopic (exact) mass is 304 g/mol. The van der Waals surface area contributed by atoms with Gasteiger partial charge in [-0.15, -0.1) is 0 Å². The maximum Gasteiger partial charge on any atom is 0.245 e. The molecular formula is C16H20N2O4. The van der Waals surface area contributed by atoms with Gasteiger partial charge in [0.1, 0.15) is 5.78 Å². The number of aliphatic hydroxyl groups excluding tert-OH is 1. The molecule has 0 saturated heterocycles. The first kappa shape index (κ1) is 17.9. The van der Waals surface area contributed by atoms with Crippen molar-refractivity contribution in [1.82, 2.24) is 10.8 Å². The van der Waals surface area contributed by atoms with E-state index in [1.54, 1.807) is 0 Å². The number of ketones is 1. The van der Waals surface area contributed by atoms with Gasteiger partial charge in [-0.05, 0) is 24.6 Å². The van der Waals surface area contributed by atoms with E-state index in [9.17, 15) is 14.7 Å². The fourth-order valence-corrected chi connectivity index (χ4v) is 1.69. The van der Waals surface area contributed by atoms with Crippen molar-refractivity contribution >= 4 is 11.7 Å². The van der Waals surface area contributed by atoms with Gasteiger partial charge < -0.3 is 10.4 Å². The van der Waals surface area contributed by atoms with Crippen molar-refractivity contribution in [3.05, 3.63) is 35.4 Å². The molecule has 1 rings (SSSR count). The third kappa shape index (κ3) is 7.55. The summed E-state index contributed by atoms with van der Waals surface area (Å²) in [5.74, 6) is 5.12. The average Bonchev–Trinajstić information content (AvgIpc) is 2.48. The largest absolute Gasteiger partial charge is 0.391 e. The molecule has 1 amide bonds. The third-order valence-electron chi connectivity index (χ3n) is 2.78. The smallest absolute Gasteiger partial charge is 0.245 e. The van der Waals surface area contributed by atoms with Gasteiger partial charge in [0, 0.05) is 18.7 Å². The molecule has 118 valence electrons. The van der Waals surface area contributed by atoms with E-state index < -0.39 is 12.0 Å². The van der Waals surface area contributed by atoms with Crippen LogP contribution in [0.25, 0.3) is 0 Å². The molecule has 0 aliphatic heterocycles. The van der Waals surface area contributed by atoms with Crippen LogP contribution in [0.5, 0.6) is 0 Å². The molecule has 0 spiro atoms. The van der Waals surface area contributed by atoms with Crippen LogP contribution in [0.3, 0.4) is 0 Å². The first-order valence-corrected chi connectivity index (χ1v) is 6.90. The number of benzene rings is 1. The lowest BCUT2D eigenvalue weighted by atomic mass is 10.1. The van der Waals surface area contributed by atoms with Crippen molar-refractivity contribution in [1.29, 1.82) is 0 Å². The molecule has 0 bridgehead atoms. The minimum Gasteiger partial charge on any atom is -0.391 e. The van der Waals surface area contributed by atoms with Crippen LogP contribution in [0.4, 0.5) is 0 Å². The highest BCUT2D eigenvalue weighted by molar-refractivity contribution is 5.78. The molecule has 1 atom stereocenters. The number of Topliss-reactive ketones (excluding diaryl/α,β-unsaturated/α-hetero) is 1. The van der Waals surface area contributed by atoms with Crippen molar-refractivity contribution in [3.8, 4) is 11.8 Å². The molecule has 0 unspecified atom stereocenters. The van der Waals surface area contributed by atoms with E-state index in [2.05, 4.69) is 17.2 Å². The van der Waals surface area contributed by atoms with Crippen molar-refractivity contribution in [2.75, 3.05) is 6.54 Å². The van der Waals surface area contributed by atoms with Gasteiger partial charge in [-0.25, -0.2) is 5.48 Å². The molecule has 0 aliphatic rings. The summed E-state index contributed by atoms with van der Waals surface area (Å²) in [6, 6.07) is 7.52. The topological polar surface area (TPSA) is 98.7 Å². The normalized spacial score (nSPS) is 11.2. The number of hydrogen-bond donors (Lipinski definition) is 4. The van der Waals surface area contributed by atoms with Crippen LogP contribution in [0, 0.1) is 11.8 Å². The SMILES string of the molecule is CC(=O)CC#Cc1ccc(CNC[C@@H](O)CC(=O)NO)cc1. The van der Waals surface area contributed by atoms with Crippen LogP contribution in [-0.2, 0) is 16.1 Å². The Bertz CT molecular complexity index is 558. The molecule has 0 fully saturated rings. The van der Waals surface area contributed by atoms with Crippen LogP contribution >= 0.6 is 0 Å². The molecule has 4 N–H and O–H groups in total.